The van der Waals surface area contributed by atoms with Crippen molar-refractivity contribution in [3.8, 4) is 0 Å². The van der Waals surface area contributed by atoms with Crippen molar-refractivity contribution in [1.29, 1.82) is 0 Å². The van der Waals surface area contributed by atoms with Gasteiger partial charge in [0.1, 0.15) is 0 Å². The number of unbranched alkanes of at least 4 members (excludes halogenated alkanes) is 12. The van der Waals surface area contributed by atoms with Crippen LogP contribution >= 0.6 is 0 Å². The molecule has 0 aromatic carbocycles. The minimum absolute atomic E-state index is 0.0709. The Morgan fingerprint density at radius 2 is 0.759 bits per heavy atom. The highest BCUT2D eigenvalue weighted by Gasteiger charge is 2.40. The predicted molar refractivity (Wildman–Crippen MR) is 221 cm³/mol. The van der Waals surface area contributed by atoms with Gasteiger partial charge in [-0.1, -0.05) is 91.9 Å². The number of carboxylic acids is 3. The van der Waals surface area contributed by atoms with Gasteiger partial charge in [-0.05, 0) is 72.6 Å². The van der Waals surface area contributed by atoms with E-state index in [1.54, 1.807) is 0 Å². The van der Waals surface area contributed by atoms with Crippen molar-refractivity contribution in [3.63, 3.8) is 0 Å². The number of esters is 4. The van der Waals surface area contributed by atoms with Crippen LogP contribution in [0, 0.1) is 6.42 Å². The van der Waals surface area contributed by atoms with E-state index < -0.39 is 36.4 Å². The number of hydrogen-bond donors (Lipinski definition) is 4. The number of ether oxygens (including phenoxy) is 4. The van der Waals surface area contributed by atoms with E-state index in [4.69, 9.17) is 39.4 Å². The molecule has 0 aliphatic rings. The van der Waals surface area contributed by atoms with Gasteiger partial charge in [0.25, 0.3) is 0 Å². The Morgan fingerprint density at radius 3 is 1.02 bits per heavy atom. The Kier molecular flexibility index (Phi) is 45.0. The molecule has 0 aromatic rings. The van der Waals surface area contributed by atoms with Crippen LogP contribution in [-0.2, 0) is 52.5 Å². The van der Waals surface area contributed by atoms with E-state index in [1.165, 1.54) is 51.4 Å². The van der Waals surface area contributed by atoms with Crippen molar-refractivity contribution in [3.05, 3.63) is 6.42 Å². The molecule has 0 heterocycles. The zero-order valence-corrected chi connectivity index (χ0v) is 37.0. The van der Waals surface area contributed by atoms with E-state index >= 15 is 0 Å². The van der Waals surface area contributed by atoms with Crippen molar-refractivity contribution in [1.82, 2.24) is 0 Å². The monoisotopic (exact) mass is 836 g/mol. The lowest BCUT2D eigenvalue weighted by Gasteiger charge is -2.18. The molecule has 0 amide bonds. The van der Waals surface area contributed by atoms with Gasteiger partial charge in [-0.2, -0.15) is 0 Å². The summed E-state index contributed by atoms with van der Waals surface area (Å²) in [5.74, 6) is -5.70. The maximum Gasteiger partial charge on any atom is 0.336 e. The molecule has 0 fully saturated rings. The lowest BCUT2D eigenvalue weighted by molar-refractivity contribution is -0.170. The number of aliphatic carboxylic acids is 3. The molecule has 0 aliphatic heterocycles. The SMILES string of the molecule is CC(C)OC(=O)CCCCC(=O)OC(C)C.CCCCCCCCOC(=O)CCCCC(=O)OCCCCCCCC.C[CH]C.O=C(O)CC(O)(CC(=O)O)C(=O)O. The van der Waals surface area contributed by atoms with Crippen LogP contribution in [0.4, 0.5) is 0 Å². The zero-order chi connectivity index (χ0) is 45.2. The molecule has 0 saturated heterocycles. The molecular formula is C43H79O15. The quantitative estimate of drug-likeness (QED) is 0.0290. The smallest absolute Gasteiger partial charge is 0.336 e. The first-order valence-electron chi connectivity index (χ1n) is 21.1. The minimum Gasteiger partial charge on any atom is -0.481 e. The molecule has 0 rings (SSSR count). The van der Waals surface area contributed by atoms with Gasteiger partial charge in [0.2, 0.25) is 0 Å². The summed E-state index contributed by atoms with van der Waals surface area (Å²) in [6.45, 7) is 16.7. The van der Waals surface area contributed by atoms with E-state index in [9.17, 15) is 33.6 Å². The number of hydrogen-bond acceptors (Lipinski definition) is 12. The molecule has 0 atom stereocenters. The van der Waals surface area contributed by atoms with Gasteiger partial charge in [-0.3, -0.25) is 28.8 Å². The third-order valence-corrected chi connectivity index (χ3v) is 7.57. The van der Waals surface area contributed by atoms with Crippen LogP contribution in [0.5, 0.6) is 0 Å². The third-order valence-electron chi connectivity index (χ3n) is 7.57. The highest BCUT2D eigenvalue weighted by Crippen LogP contribution is 2.16. The zero-order valence-electron chi connectivity index (χ0n) is 37.0. The summed E-state index contributed by atoms with van der Waals surface area (Å²) < 4.78 is 20.4. The second-order valence-corrected chi connectivity index (χ2v) is 14.5. The second kappa shape index (κ2) is 42.8. The van der Waals surface area contributed by atoms with E-state index in [1.807, 2.05) is 48.0 Å². The molecule has 0 saturated carbocycles. The summed E-state index contributed by atoms with van der Waals surface area (Å²) in [5.41, 5.74) is -2.74. The van der Waals surface area contributed by atoms with Gasteiger partial charge in [-0.25, -0.2) is 4.79 Å². The molecule has 0 aliphatic carbocycles. The lowest BCUT2D eigenvalue weighted by atomic mass is 9.96. The number of rotatable bonds is 31. The van der Waals surface area contributed by atoms with Crippen LogP contribution in [0.2, 0.25) is 0 Å². The fourth-order valence-electron chi connectivity index (χ4n) is 4.72. The molecule has 0 bridgehead atoms. The van der Waals surface area contributed by atoms with E-state index in [0.29, 0.717) is 64.6 Å². The maximum atomic E-state index is 11.6. The number of aliphatic hydroxyl groups is 1. The Balaban J connectivity index is -0.000000389. The minimum atomic E-state index is -2.74. The van der Waals surface area contributed by atoms with Crippen molar-refractivity contribution in [2.45, 2.75) is 214 Å². The second-order valence-electron chi connectivity index (χ2n) is 14.5. The maximum absolute atomic E-state index is 11.6. The number of carbonyl (C=O) groups excluding carboxylic acids is 4. The van der Waals surface area contributed by atoms with Gasteiger partial charge >= 0.3 is 41.8 Å². The molecule has 15 nitrogen and oxygen atoms in total. The Bertz CT molecular complexity index is 1000. The Labute approximate surface area is 348 Å². The predicted octanol–water partition coefficient (Wildman–Crippen LogP) is 8.79. The van der Waals surface area contributed by atoms with Crippen molar-refractivity contribution in [2.24, 2.45) is 0 Å². The summed E-state index contributed by atoms with van der Waals surface area (Å²) in [6, 6.07) is 0. The van der Waals surface area contributed by atoms with Gasteiger partial charge in [0.05, 0.1) is 38.3 Å². The average Bonchev–Trinajstić information content (AvgIpc) is 3.11. The van der Waals surface area contributed by atoms with Crippen LogP contribution in [0.25, 0.3) is 0 Å². The van der Waals surface area contributed by atoms with Crippen molar-refractivity contribution >= 4 is 41.8 Å². The van der Waals surface area contributed by atoms with Crippen LogP contribution in [0.15, 0.2) is 0 Å². The molecular weight excluding hydrogens is 756 g/mol. The van der Waals surface area contributed by atoms with E-state index in [0.717, 1.165) is 25.7 Å². The molecule has 0 unspecified atom stereocenters. The summed E-state index contributed by atoms with van der Waals surface area (Å²) in [7, 11) is 0. The molecule has 0 spiro atoms. The summed E-state index contributed by atoms with van der Waals surface area (Å²) in [4.78, 5) is 76.0. The van der Waals surface area contributed by atoms with E-state index in [-0.39, 0.29) is 36.1 Å². The third kappa shape index (κ3) is 50.3. The Hall–Kier alpha value is -3.75. The van der Waals surface area contributed by atoms with Crippen molar-refractivity contribution in [2.75, 3.05) is 13.2 Å². The highest BCUT2D eigenvalue weighted by molar-refractivity contribution is 5.88. The normalized spacial score (nSPS) is 10.5. The van der Waals surface area contributed by atoms with E-state index in [2.05, 4.69) is 13.8 Å². The fourth-order valence-corrected chi connectivity index (χ4v) is 4.72. The standard InChI is InChI=1S/C22H42O4.C12H22O4.C6H8O7.C3H7/c1-3-5-7-9-11-15-19-25-21(23)17-13-14-18-22(24)26-20-16-12-10-8-6-4-2;1-9(2)15-11(13)7-5-6-8-12(14)16-10(3)4;7-3(8)1-6(13,5(11)12)2-4(9)10;1-3-2/h3-20H2,1-2H3;9-10H,5-8H2,1-4H3;13H,1-2H2,(H,7,8)(H,9,10)(H,11,12);3H,1-2H3. The van der Waals surface area contributed by atoms with Crippen LogP contribution < -0.4 is 0 Å². The lowest BCUT2D eigenvalue weighted by Crippen LogP contribution is -2.42. The molecule has 0 aromatic heterocycles. The van der Waals surface area contributed by atoms with Gasteiger partial charge < -0.3 is 39.4 Å². The number of carbonyl (C=O) groups is 7. The number of carboxylic acid groups (broad SMARTS) is 3. The summed E-state index contributed by atoms with van der Waals surface area (Å²) in [5, 5.41) is 33.8. The van der Waals surface area contributed by atoms with Gasteiger partial charge in [0.15, 0.2) is 5.60 Å². The highest BCUT2D eigenvalue weighted by atomic mass is 16.5. The fraction of sp³-hybridized carbons (Fsp3) is 0.814. The summed E-state index contributed by atoms with van der Waals surface area (Å²) in [6.07, 6.45) is 18.1. The Morgan fingerprint density at radius 1 is 0.483 bits per heavy atom. The largest absolute Gasteiger partial charge is 0.481 e. The van der Waals surface area contributed by atoms with Crippen LogP contribution in [-0.4, -0.2) is 93.2 Å². The molecule has 341 valence electrons. The van der Waals surface area contributed by atoms with Gasteiger partial charge in [-0.15, -0.1) is 0 Å². The summed E-state index contributed by atoms with van der Waals surface area (Å²) >= 11 is 0. The molecule has 4 N–H and O–H groups in total. The topological polar surface area (TPSA) is 237 Å². The first-order valence-corrected chi connectivity index (χ1v) is 21.1. The first kappa shape index (κ1) is 60.9. The first-order chi connectivity index (χ1) is 27.3. The molecule has 58 heavy (non-hydrogen) atoms. The molecule has 15 heteroatoms. The van der Waals surface area contributed by atoms with Gasteiger partial charge in [0, 0.05) is 25.7 Å². The average molecular weight is 836 g/mol. The van der Waals surface area contributed by atoms with Crippen molar-refractivity contribution < 1.29 is 72.9 Å². The van der Waals surface area contributed by atoms with Crippen LogP contribution in [0.1, 0.15) is 197 Å². The molecule has 1 radical (unpaired) electrons. The van der Waals surface area contributed by atoms with Crippen LogP contribution in [0.3, 0.4) is 0 Å².